The predicted octanol–water partition coefficient (Wildman–Crippen LogP) is 7.72. The molecular weight excluding hydrogens is 724 g/mol. The number of aromatic nitrogens is 5. The summed E-state index contributed by atoms with van der Waals surface area (Å²) in [6.45, 7) is 6.20. The second kappa shape index (κ2) is 16.0. The van der Waals surface area contributed by atoms with Gasteiger partial charge in [-0.25, -0.2) is 19.7 Å². The molecule has 1 aliphatic heterocycles. The van der Waals surface area contributed by atoms with Gasteiger partial charge in [-0.05, 0) is 85.1 Å². The van der Waals surface area contributed by atoms with E-state index in [1.165, 1.54) is 13.3 Å². The molecule has 2 aliphatic carbocycles. The maximum absolute atomic E-state index is 14.4. The van der Waals surface area contributed by atoms with E-state index in [-0.39, 0.29) is 41.5 Å². The van der Waals surface area contributed by atoms with Gasteiger partial charge < -0.3 is 30.2 Å². The molecule has 0 spiro atoms. The van der Waals surface area contributed by atoms with E-state index in [0.29, 0.717) is 18.0 Å². The third-order valence-corrected chi connectivity index (χ3v) is 12.3. The van der Waals surface area contributed by atoms with Crippen molar-refractivity contribution in [1.29, 1.82) is 0 Å². The van der Waals surface area contributed by atoms with Crippen molar-refractivity contribution in [3.8, 4) is 33.6 Å². The molecule has 3 fully saturated rings. The fraction of sp³-hybridized carbons (Fsp3) is 0.409. The maximum Gasteiger partial charge on any atom is 0.407 e. The molecule has 2 aromatic carbocycles. The molecule has 0 radical (unpaired) electrons. The lowest BCUT2D eigenvalue weighted by molar-refractivity contribution is -0.135. The molecule has 5 aromatic rings. The van der Waals surface area contributed by atoms with Crippen molar-refractivity contribution in [3.63, 3.8) is 0 Å². The molecule has 2 saturated carbocycles. The number of H-pyrrole nitrogens is 2. The quantitative estimate of drug-likeness (QED) is 0.100. The molecule has 4 heterocycles. The number of halogens is 1. The SMILES string of the molecule is COC(=O)N[C@H](C(=O)N1CCC[C@H]1c1ncc(-c2ccc(-c3ccc(-c4cnc([C@@H]5[C@H]6CC[C@H](C6)[C@H]5C(=O)N[C@H](C)c5cccnc5F)[nH]4)cc3)cc2)[nH]1)C(C)C. The standard InChI is InChI=1S/C44H49FN8O4/c1-24(2)38(52-44(56)57-4)43(55)53-20-6-8-35(53)40-47-22-33(50-40)28-13-9-26(10-14-28)27-11-15-29(16-12-27)34-23-48-41(51-34)36-30-17-18-31(21-30)37(36)42(54)49-25(3)32-7-5-19-46-39(32)45/h5,7,9-16,19,22-25,30-31,35-38H,6,8,17-18,20-21H2,1-4H3,(H,47,50)(H,48,51)(H,49,54)(H,52,56)/t25-,30+,31-,35+,36-,37-,38+/m1/s1. The maximum atomic E-state index is 14.4. The third-order valence-electron chi connectivity index (χ3n) is 12.3. The molecule has 2 bridgehead atoms. The molecule has 3 aromatic heterocycles. The molecule has 296 valence electrons. The first kappa shape index (κ1) is 38.0. The molecule has 12 nitrogen and oxygen atoms in total. The number of hydrogen-bond acceptors (Lipinski definition) is 7. The summed E-state index contributed by atoms with van der Waals surface area (Å²) in [5.74, 6) is 1.14. The fourth-order valence-corrected chi connectivity index (χ4v) is 9.35. The molecule has 57 heavy (non-hydrogen) atoms. The van der Waals surface area contributed by atoms with Crippen LogP contribution < -0.4 is 10.6 Å². The Morgan fingerprint density at radius 3 is 2.05 bits per heavy atom. The first-order chi connectivity index (χ1) is 27.6. The number of nitrogens with zero attached hydrogens (tertiary/aromatic N) is 4. The van der Waals surface area contributed by atoms with Crippen molar-refractivity contribution >= 4 is 17.9 Å². The number of ether oxygens (including phenoxy) is 1. The van der Waals surface area contributed by atoms with Crippen LogP contribution in [-0.2, 0) is 14.3 Å². The summed E-state index contributed by atoms with van der Waals surface area (Å²) in [4.78, 5) is 61.3. The zero-order chi connectivity index (χ0) is 39.8. The van der Waals surface area contributed by atoms with Crippen LogP contribution in [0, 0.1) is 29.6 Å². The second-order valence-corrected chi connectivity index (χ2v) is 16.1. The van der Waals surface area contributed by atoms with Gasteiger partial charge in [0.25, 0.3) is 0 Å². The van der Waals surface area contributed by atoms with E-state index in [1.807, 2.05) is 24.9 Å². The molecule has 7 atom stereocenters. The Morgan fingerprint density at radius 2 is 1.42 bits per heavy atom. The average Bonchev–Trinajstić information content (AvgIpc) is 4.08. The van der Waals surface area contributed by atoms with Gasteiger partial charge in [0.2, 0.25) is 17.8 Å². The van der Waals surface area contributed by atoms with Crippen LogP contribution in [0.25, 0.3) is 33.6 Å². The number of carbonyl (C=O) groups excluding carboxylic acids is 3. The Kier molecular flexibility index (Phi) is 10.6. The number of hydrogen-bond donors (Lipinski definition) is 4. The van der Waals surface area contributed by atoms with Crippen molar-refractivity contribution in [2.24, 2.45) is 23.7 Å². The lowest BCUT2D eigenvalue weighted by Crippen LogP contribution is -2.51. The Morgan fingerprint density at radius 1 is 0.807 bits per heavy atom. The number of rotatable bonds is 11. The molecule has 8 rings (SSSR count). The molecule has 13 heteroatoms. The van der Waals surface area contributed by atoms with Crippen molar-refractivity contribution in [2.75, 3.05) is 13.7 Å². The van der Waals surface area contributed by atoms with Gasteiger partial charge >= 0.3 is 6.09 Å². The highest BCUT2D eigenvalue weighted by Gasteiger charge is 2.52. The summed E-state index contributed by atoms with van der Waals surface area (Å²) < 4.78 is 19.1. The zero-order valence-electron chi connectivity index (χ0n) is 32.7. The van der Waals surface area contributed by atoms with Gasteiger partial charge in [-0.2, -0.15) is 4.39 Å². The number of methoxy groups -OCH3 is 1. The molecule has 0 unspecified atom stereocenters. The number of carbonyl (C=O) groups is 3. The van der Waals surface area contributed by atoms with Gasteiger partial charge in [0.1, 0.15) is 17.7 Å². The minimum Gasteiger partial charge on any atom is -0.453 e. The van der Waals surface area contributed by atoms with E-state index in [1.54, 1.807) is 25.3 Å². The summed E-state index contributed by atoms with van der Waals surface area (Å²) in [6, 6.07) is 18.6. The minimum atomic E-state index is -0.687. The predicted molar refractivity (Wildman–Crippen MR) is 213 cm³/mol. The van der Waals surface area contributed by atoms with Crippen LogP contribution in [0.15, 0.2) is 79.3 Å². The van der Waals surface area contributed by atoms with Crippen LogP contribution in [0.4, 0.5) is 9.18 Å². The van der Waals surface area contributed by atoms with Gasteiger partial charge in [0, 0.05) is 24.2 Å². The van der Waals surface area contributed by atoms with E-state index >= 15 is 0 Å². The highest BCUT2D eigenvalue weighted by atomic mass is 19.1. The number of amides is 3. The summed E-state index contributed by atoms with van der Waals surface area (Å²) in [7, 11) is 1.29. The number of fused-ring (bicyclic) bond motifs is 2. The minimum absolute atomic E-state index is 0.0145. The lowest BCUT2D eigenvalue weighted by atomic mass is 9.78. The highest BCUT2D eigenvalue weighted by molar-refractivity contribution is 5.86. The van der Waals surface area contributed by atoms with Crippen molar-refractivity contribution in [3.05, 3.63) is 102 Å². The Labute approximate surface area is 331 Å². The number of aromatic amines is 2. The normalized spacial score (nSPS) is 22.4. The Hall–Kier alpha value is -5.85. The molecule has 1 saturated heterocycles. The van der Waals surface area contributed by atoms with Gasteiger partial charge in [-0.3, -0.25) is 9.59 Å². The fourth-order valence-electron chi connectivity index (χ4n) is 9.35. The Bertz CT molecular complexity index is 2230. The highest BCUT2D eigenvalue weighted by Crippen LogP contribution is 2.56. The van der Waals surface area contributed by atoms with Crippen LogP contribution in [0.1, 0.15) is 88.1 Å². The lowest BCUT2D eigenvalue weighted by Gasteiger charge is -2.30. The average molecular weight is 773 g/mol. The number of imidazole rings is 2. The van der Waals surface area contributed by atoms with Crippen LogP contribution in [0.5, 0.6) is 0 Å². The van der Waals surface area contributed by atoms with E-state index in [2.05, 4.69) is 79.1 Å². The number of nitrogens with one attached hydrogen (secondary N) is 4. The summed E-state index contributed by atoms with van der Waals surface area (Å²) >= 11 is 0. The topological polar surface area (TPSA) is 158 Å². The van der Waals surface area contributed by atoms with Gasteiger partial charge in [-0.1, -0.05) is 68.4 Å². The summed E-state index contributed by atoms with van der Waals surface area (Å²) in [6.07, 6.45) is 9.18. The second-order valence-electron chi connectivity index (χ2n) is 16.1. The van der Waals surface area contributed by atoms with E-state index in [4.69, 9.17) is 9.72 Å². The van der Waals surface area contributed by atoms with Gasteiger partial charge in [-0.15, -0.1) is 0 Å². The van der Waals surface area contributed by atoms with E-state index in [9.17, 15) is 18.8 Å². The van der Waals surface area contributed by atoms with Crippen LogP contribution in [0.2, 0.25) is 0 Å². The number of pyridine rings is 1. The van der Waals surface area contributed by atoms with Crippen LogP contribution >= 0.6 is 0 Å². The van der Waals surface area contributed by atoms with Crippen LogP contribution in [0.3, 0.4) is 0 Å². The van der Waals surface area contributed by atoms with Crippen molar-refractivity contribution < 1.29 is 23.5 Å². The summed E-state index contributed by atoms with van der Waals surface area (Å²) in [5, 5.41) is 5.77. The van der Waals surface area contributed by atoms with Crippen LogP contribution in [-0.4, -0.2) is 67.4 Å². The molecule has 3 aliphatic rings. The smallest absolute Gasteiger partial charge is 0.407 e. The first-order valence-corrected chi connectivity index (χ1v) is 20.0. The summed E-state index contributed by atoms with van der Waals surface area (Å²) in [5.41, 5.74) is 6.26. The largest absolute Gasteiger partial charge is 0.453 e. The van der Waals surface area contributed by atoms with Gasteiger partial charge in [0.15, 0.2) is 0 Å². The van der Waals surface area contributed by atoms with E-state index in [0.717, 1.165) is 77.4 Å². The third kappa shape index (κ3) is 7.54. The first-order valence-electron chi connectivity index (χ1n) is 20.0. The monoisotopic (exact) mass is 772 g/mol. The van der Waals surface area contributed by atoms with Gasteiger partial charge in [0.05, 0.1) is 48.9 Å². The van der Waals surface area contributed by atoms with Crippen molar-refractivity contribution in [1.82, 2.24) is 40.5 Å². The Balaban J connectivity index is 0.923. The number of benzene rings is 2. The molecule has 4 N–H and O–H groups in total. The van der Waals surface area contributed by atoms with Crippen molar-refractivity contribution in [2.45, 2.75) is 76.9 Å². The number of alkyl carbamates (subject to hydrolysis) is 1. The zero-order valence-corrected chi connectivity index (χ0v) is 32.7. The molecular formula is C44H49FN8O4. The van der Waals surface area contributed by atoms with E-state index < -0.39 is 24.1 Å². The molecule has 3 amide bonds. The number of likely N-dealkylation sites (tertiary alicyclic amines) is 1.